The van der Waals surface area contributed by atoms with E-state index in [9.17, 15) is 10.2 Å². The van der Waals surface area contributed by atoms with Gasteiger partial charge in [0.15, 0.2) is 0 Å². The summed E-state index contributed by atoms with van der Waals surface area (Å²) in [5.74, 6) is 0. The van der Waals surface area contributed by atoms with Gasteiger partial charge in [-0.2, -0.15) is 0 Å². The van der Waals surface area contributed by atoms with Crippen molar-refractivity contribution >= 4 is 0 Å². The molecule has 3 heteroatoms. The van der Waals surface area contributed by atoms with Crippen LogP contribution < -0.4 is 0 Å². The first-order valence-electron chi connectivity index (χ1n) is 5.81. The summed E-state index contributed by atoms with van der Waals surface area (Å²) in [7, 11) is 0. The van der Waals surface area contributed by atoms with Gasteiger partial charge in [0.1, 0.15) is 0 Å². The Morgan fingerprint density at radius 1 is 1.31 bits per heavy atom. The van der Waals surface area contributed by atoms with Gasteiger partial charge in [0.05, 0.1) is 12.7 Å². The lowest BCUT2D eigenvalue weighted by atomic mass is 10.2. The van der Waals surface area contributed by atoms with E-state index in [4.69, 9.17) is 0 Å². The first kappa shape index (κ1) is 11.6. The van der Waals surface area contributed by atoms with Gasteiger partial charge in [0.2, 0.25) is 0 Å². The number of nitrogens with zero attached hydrogens (tertiary/aromatic N) is 1. The Morgan fingerprint density at radius 3 is 2.62 bits per heavy atom. The van der Waals surface area contributed by atoms with Crippen molar-refractivity contribution in [2.24, 2.45) is 0 Å². The number of rotatable bonds is 3. The zero-order valence-corrected chi connectivity index (χ0v) is 9.58. The van der Waals surface area contributed by atoms with E-state index in [2.05, 4.69) is 17.0 Å². The molecule has 1 fully saturated rings. The van der Waals surface area contributed by atoms with Gasteiger partial charge < -0.3 is 10.2 Å². The molecule has 3 nitrogen and oxygen atoms in total. The topological polar surface area (TPSA) is 43.7 Å². The van der Waals surface area contributed by atoms with E-state index >= 15 is 0 Å². The van der Waals surface area contributed by atoms with Crippen LogP contribution in [-0.4, -0.2) is 39.9 Å². The van der Waals surface area contributed by atoms with Gasteiger partial charge in [0, 0.05) is 18.6 Å². The van der Waals surface area contributed by atoms with Crippen LogP contribution in [0.4, 0.5) is 0 Å². The molecule has 1 aliphatic rings. The summed E-state index contributed by atoms with van der Waals surface area (Å²) in [6.45, 7) is 2.93. The highest BCUT2D eigenvalue weighted by molar-refractivity contribution is 5.15. The molecule has 0 saturated carbocycles. The predicted octanol–water partition coefficient (Wildman–Crippen LogP) is 1.00. The summed E-state index contributed by atoms with van der Waals surface area (Å²) >= 11 is 0. The predicted molar refractivity (Wildman–Crippen MR) is 62.9 cm³/mol. The van der Waals surface area contributed by atoms with E-state index in [0.29, 0.717) is 6.42 Å². The number of hydrogen-bond acceptors (Lipinski definition) is 3. The molecule has 2 rings (SSSR count). The monoisotopic (exact) mass is 221 g/mol. The highest BCUT2D eigenvalue weighted by Crippen LogP contribution is 2.26. The summed E-state index contributed by atoms with van der Waals surface area (Å²) in [5.41, 5.74) is 1.22. The first-order chi connectivity index (χ1) is 7.72. The van der Waals surface area contributed by atoms with Crippen LogP contribution in [0.15, 0.2) is 30.3 Å². The molecule has 1 saturated heterocycles. The van der Waals surface area contributed by atoms with E-state index in [0.717, 1.165) is 6.54 Å². The minimum Gasteiger partial charge on any atom is -0.395 e. The Labute approximate surface area is 96.3 Å². The van der Waals surface area contributed by atoms with E-state index in [1.165, 1.54) is 5.56 Å². The molecule has 0 bridgehead atoms. The Bertz CT molecular complexity index is 328. The molecular weight excluding hydrogens is 202 g/mol. The highest BCUT2D eigenvalue weighted by Gasteiger charge is 2.36. The maximum atomic E-state index is 9.79. The third-order valence-corrected chi connectivity index (χ3v) is 3.48. The van der Waals surface area contributed by atoms with Crippen molar-refractivity contribution in [3.8, 4) is 0 Å². The number of aliphatic hydroxyl groups excluding tert-OH is 2. The van der Waals surface area contributed by atoms with Crippen molar-refractivity contribution in [2.45, 2.75) is 38.1 Å². The second-order valence-corrected chi connectivity index (χ2v) is 4.54. The summed E-state index contributed by atoms with van der Waals surface area (Å²) in [5, 5.41) is 19.1. The molecule has 2 N–H and O–H groups in total. The quantitative estimate of drug-likeness (QED) is 0.800. The number of likely N-dealkylation sites (tertiary alicyclic amines) is 1. The lowest BCUT2D eigenvalue weighted by molar-refractivity contribution is 0.101. The van der Waals surface area contributed by atoms with E-state index in [-0.39, 0.29) is 24.8 Å². The number of hydrogen-bond donors (Lipinski definition) is 2. The number of aliphatic hydroxyl groups is 2. The normalized spacial score (nSPS) is 30.8. The molecule has 1 heterocycles. The van der Waals surface area contributed by atoms with Gasteiger partial charge in [-0.25, -0.2) is 0 Å². The van der Waals surface area contributed by atoms with Gasteiger partial charge in [-0.3, -0.25) is 4.90 Å². The molecule has 16 heavy (non-hydrogen) atoms. The zero-order chi connectivity index (χ0) is 11.5. The van der Waals surface area contributed by atoms with Crippen LogP contribution in [-0.2, 0) is 6.54 Å². The Morgan fingerprint density at radius 2 is 2.00 bits per heavy atom. The molecule has 0 aromatic heterocycles. The van der Waals surface area contributed by atoms with Crippen molar-refractivity contribution in [1.82, 2.24) is 4.90 Å². The molecule has 3 atom stereocenters. The molecule has 0 aliphatic carbocycles. The van der Waals surface area contributed by atoms with Gasteiger partial charge in [-0.1, -0.05) is 30.3 Å². The third-order valence-electron chi connectivity index (χ3n) is 3.48. The van der Waals surface area contributed by atoms with Crippen LogP contribution >= 0.6 is 0 Å². The lowest BCUT2D eigenvalue weighted by Gasteiger charge is -2.27. The average Bonchev–Trinajstić information content (AvgIpc) is 2.58. The van der Waals surface area contributed by atoms with Crippen molar-refractivity contribution in [1.29, 1.82) is 0 Å². The maximum absolute atomic E-state index is 9.79. The Balaban J connectivity index is 2.08. The first-order valence-corrected chi connectivity index (χ1v) is 5.81. The molecule has 1 aromatic carbocycles. The standard InChI is InChI=1S/C13H19NO2/c1-10-13(16)7-12(9-15)14(10)8-11-5-3-2-4-6-11/h2-6,10,12-13,15-16H,7-9H2,1H3/t10-,12?,13?/m1/s1. The molecule has 2 unspecified atom stereocenters. The molecule has 1 aliphatic heterocycles. The summed E-state index contributed by atoms with van der Waals surface area (Å²) in [6.07, 6.45) is 0.352. The van der Waals surface area contributed by atoms with Gasteiger partial charge >= 0.3 is 0 Å². The van der Waals surface area contributed by atoms with Crippen LogP contribution in [0, 0.1) is 0 Å². The van der Waals surface area contributed by atoms with Crippen molar-refractivity contribution < 1.29 is 10.2 Å². The third kappa shape index (κ3) is 2.26. The van der Waals surface area contributed by atoms with Gasteiger partial charge in [-0.15, -0.1) is 0 Å². The molecule has 0 radical (unpaired) electrons. The maximum Gasteiger partial charge on any atom is 0.0708 e. The minimum absolute atomic E-state index is 0.0882. The summed E-state index contributed by atoms with van der Waals surface area (Å²) in [6, 6.07) is 10.4. The smallest absolute Gasteiger partial charge is 0.0708 e. The summed E-state index contributed by atoms with van der Waals surface area (Å²) in [4.78, 5) is 2.18. The average molecular weight is 221 g/mol. The summed E-state index contributed by atoms with van der Waals surface area (Å²) < 4.78 is 0. The van der Waals surface area contributed by atoms with E-state index in [1.54, 1.807) is 0 Å². The fourth-order valence-electron chi connectivity index (χ4n) is 2.41. The fraction of sp³-hybridized carbons (Fsp3) is 0.538. The van der Waals surface area contributed by atoms with Crippen LogP contribution in [0.25, 0.3) is 0 Å². The Hall–Kier alpha value is -0.900. The molecule has 0 spiro atoms. The van der Waals surface area contributed by atoms with Crippen molar-refractivity contribution in [2.75, 3.05) is 6.61 Å². The minimum atomic E-state index is -0.319. The highest BCUT2D eigenvalue weighted by atomic mass is 16.3. The van der Waals surface area contributed by atoms with Crippen molar-refractivity contribution in [3.05, 3.63) is 35.9 Å². The van der Waals surface area contributed by atoms with Crippen LogP contribution in [0.5, 0.6) is 0 Å². The van der Waals surface area contributed by atoms with Crippen LogP contribution in [0.1, 0.15) is 18.9 Å². The van der Waals surface area contributed by atoms with E-state index in [1.807, 2.05) is 25.1 Å². The molecular formula is C13H19NO2. The lowest BCUT2D eigenvalue weighted by Crippen LogP contribution is -2.37. The van der Waals surface area contributed by atoms with E-state index < -0.39 is 0 Å². The van der Waals surface area contributed by atoms with Crippen molar-refractivity contribution in [3.63, 3.8) is 0 Å². The fourth-order valence-corrected chi connectivity index (χ4v) is 2.41. The molecule has 1 aromatic rings. The van der Waals surface area contributed by atoms with Gasteiger partial charge in [0.25, 0.3) is 0 Å². The molecule has 88 valence electrons. The Kier molecular flexibility index (Phi) is 3.59. The van der Waals surface area contributed by atoms with Crippen LogP contribution in [0.2, 0.25) is 0 Å². The van der Waals surface area contributed by atoms with Gasteiger partial charge in [-0.05, 0) is 18.9 Å². The largest absolute Gasteiger partial charge is 0.395 e. The number of benzene rings is 1. The zero-order valence-electron chi connectivity index (χ0n) is 9.58. The SMILES string of the molecule is C[C@@H]1C(O)CC(CO)N1Cc1ccccc1. The second kappa shape index (κ2) is 4.95. The second-order valence-electron chi connectivity index (χ2n) is 4.54. The van der Waals surface area contributed by atoms with Crippen LogP contribution in [0.3, 0.4) is 0 Å². The molecule has 0 amide bonds.